The zero-order chi connectivity index (χ0) is 11.2. The minimum Gasteiger partial charge on any atom is -0.392 e. The SMILES string of the molecule is CC(O)C(C)SCCCNC(C)(C)C. The van der Waals surface area contributed by atoms with E-state index < -0.39 is 0 Å². The maximum Gasteiger partial charge on any atom is 0.0627 e. The molecule has 0 aliphatic heterocycles. The Hall–Kier alpha value is 0.270. The average Bonchev–Trinajstić information content (AvgIpc) is 2.01. The van der Waals surface area contributed by atoms with Gasteiger partial charge in [0, 0.05) is 10.8 Å². The molecule has 0 aliphatic rings. The first-order valence-corrected chi connectivity index (χ1v) is 6.42. The van der Waals surface area contributed by atoms with Crippen LogP contribution in [0, 0.1) is 0 Å². The topological polar surface area (TPSA) is 32.3 Å². The second kappa shape index (κ2) is 6.70. The monoisotopic (exact) mass is 219 g/mol. The number of nitrogens with one attached hydrogen (secondary N) is 1. The Bertz CT molecular complexity index is 143. The summed E-state index contributed by atoms with van der Waals surface area (Å²) in [5.41, 5.74) is 0.223. The highest BCUT2D eigenvalue weighted by Crippen LogP contribution is 2.14. The van der Waals surface area contributed by atoms with Gasteiger partial charge in [0.2, 0.25) is 0 Å². The predicted molar refractivity (Wildman–Crippen MR) is 66.0 cm³/mol. The van der Waals surface area contributed by atoms with Crippen molar-refractivity contribution in [2.75, 3.05) is 12.3 Å². The van der Waals surface area contributed by atoms with Crippen molar-refractivity contribution in [3.63, 3.8) is 0 Å². The Balaban J connectivity index is 3.30. The van der Waals surface area contributed by atoms with E-state index in [1.807, 2.05) is 18.7 Å². The van der Waals surface area contributed by atoms with Crippen molar-refractivity contribution in [1.29, 1.82) is 0 Å². The zero-order valence-electron chi connectivity index (χ0n) is 10.1. The van der Waals surface area contributed by atoms with Crippen LogP contribution in [-0.4, -0.2) is 34.3 Å². The Morgan fingerprint density at radius 3 is 2.29 bits per heavy atom. The third-order valence-electron chi connectivity index (χ3n) is 2.04. The Labute approximate surface area is 92.9 Å². The van der Waals surface area contributed by atoms with Gasteiger partial charge in [-0.3, -0.25) is 0 Å². The van der Waals surface area contributed by atoms with Crippen LogP contribution in [0.2, 0.25) is 0 Å². The van der Waals surface area contributed by atoms with Gasteiger partial charge in [0.05, 0.1) is 6.10 Å². The van der Waals surface area contributed by atoms with Gasteiger partial charge < -0.3 is 10.4 Å². The highest BCUT2D eigenvalue weighted by molar-refractivity contribution is 7.99. The molecule has 2 unspecified atom stereocenters. The molecule has 2 N–H and O–H groups in total. The number of aliphatic hydroxyl groups is 1. The quantitative estimate of drug-likeness (QED) is 0.672. The molecular weight excluding hydrogens is 194 g/mol. The van der Waals surface area contributed by atoms with Crippen molar-refractivity contribution in [2.45, 2.75) is 57.9 Å². The summed E-state index contributed by atoms with van der Waals surface area (Å²) in [6.07, 6.45) is 0.967. The van der Waals surface area contributed by atoms with E-state index in [-0.39, 0.29) is 11.6 Å². The van der Waals surface area contributed by atoms with E-state index in [2.05, 4.69) is 33.0 Å². The summed E-state index contributed by atoms with van der Waals surface area (Å²) >= 11 is 1.85. The summed E-state index contributed by atoms with van der Waals surface area (Å²) < 4.78 is 0. The van der Waals surface area contributed by atoms with Gasteiger partial charge in [0.15, 0.2) is 0 Å². The summed E-state index contributed by atoms with van der Waals surface area (Å²) in [5.74, 6) is 1.12. The third-order valence-corrected chi connectivity index (χ3v) is 3.48. The van der Waals surface area contributed by atoms with Crippen LogP contribution in [0.25, 0.3) is 0 Å². The lowest BCUT2D eigenvalue weighted by atomic mass is 10.1. The van der Waals surface area contributed by atoms with Crippen LogP contribution in [0.5, 0.6) is 0 Å². The average molecular weight is 219 g/mol. The maximum absolute atomic E-state index is 9.27. The van der Waals surface area contributed by atoms with E-state index in [0.717, 1.165) is 12.3 Å². The molecule has 0 spiro atoms. The molecule has 0 saturated carbocycles. The lowest BCUT2D eigenvalue weighted by Crippen LogP contribution is -2.36. The molecule has 0 amide bonds. The molecule has 86 valence electrons. The van der Waals surface area contributed by atoms with Crippen molar-refractivity contribution >= 4 is 11.8 Å². The number of rotatable bonds is 6. The van der Waals surface area contributed by atoms with Gasteiger partial charge >= 0.3 is 0 Å². The number of hydrogen-bond donors (Lipinski definition) is 2. The van der Waals surface area contributed by atoms with Gasteiger partial charge in [-0.25, -0.2) is 0 Å². The normalized spacial score (nSPS) is 16.7. The van der Waals surface area contributed by atoms with Crippen molar-refractivity contribution in [3.05, 3.63) is 0 Å². The van der Waals surface area contributed by atoms with Crippen LogP contribution < -0.4 is 5.32 Å². The molecule has 3 heteroatoms. The van der Waals surface area contributed by atoms with Crippen LogP contribution in [0.1, 0.15) is 41.0 Å². The van der Waals surface area contributed by atoms with Crippen molar-refractivity contribution in [3.8, 4) is 0 Å². The Kier molecular flexibility index (Phi) is 6.83. The minimum atomic E-state index is -0.199. The van der Waals surface area contributed by atoms with Gasteiger partial charge in [0.25, 0.3) is 0 Å². The lowest BCUT2D eigenvalue weighted by Gasteiger charge is -2.20. The molecule has 0 saturated heterocycles. The molecular formula is C11H25NOS. The fourth-order valence-electron chi connectivity index (χ4n) is 0.944. The Morgan fingerprint density at radius 2 is 1.86 bits per heavy atom. The molecule has 0 aromatic carbocycles. The smallest absolute Gasteiger partial charge is 0.0627 e. The molecule has 0 radical (unpaired) electrons. The largest absolute Gasteiger partial charge is 0.392 e. The van der Waals surface area contributed by atoms with Crippen LogP contribution in [0.3, 0.4) is 0 Å². The second-order valence-corrected chi connectivity index (χ2v) is 6.33. The van der Waals surface area contributed by atoms with Crippen molar-refractivity contribution in [1.82, 2.24) is 5.32 Å². The first-order valence-electron chi connectivity index (χ1n) is 5.37. The fraction of sp³-hybridized carbons (Fsp3) is 1.00. The van der Waals surface area contributed by atoms with E-state index in [1.54, 1.807) is 0 Å². The zero-order valence-corrected chi connectivity index (χ0v) is 10.9. The van der Waals surface area contributed by atoms with Crippen molar-refractivity contribution in [2.24, 2.45) is 0 Å². The Morgan fingerprint density at radius 1 is 1.29 bits per heavy atom. The first kappa shape index (κ1) is 14.3. The molecule has 0 aliphatic carbocycles. The van der Waals surface area contributed by atoms with E-state index in [9.17, 15) is 5.11 Å². The molecule has 0 heterocycles. The lowest BCUT2D eigenvalue weighted by molar-refractivity contribution is 0.196. The molecule has 2 nitrogen and oxygen atoms in total. The highest BCUT2D eigenvalue weighted by Gasteiger charge is 2.09. The molecule has 14 heavy (non-hydrogen) atoms. The van der Waals surface area contributed by atoms with Crippen LogP contribution in [0.15, 0.2) is 0 Å². The molecule has 2 atom stereocenters. The highest BCUT2D eigenvalue weighted by atomic mass is 32.2. The van der Waals surface area contributed by atoms with E-state index in [1.165, 1.54) is 6.42 Å². The predicted octanol–water partition coefficient (Wildman–Crippen LogP) is 2.27. The molecule has 0 bridgehead atoms. The van der Waals surface area contributed by atoms with Crippen molar-refractivity contribution < 1.29 is 5.11 Å². The number of hydrogen-bond acceptors (Lipinski definition) is 3. The summed E-state index contributed by atoms with van der Waals surface area (Å²) in [7, 11) is 0. The first-order chi connectivity index (χ1) is 6.33. The fourth-order valence-corrected chi connectivity index (χ4v) is 1.91. The summed E-state index contributed by atoms with van der Waals surface area (Å²) in [5, 5.41) is 13.1. The minimum absolute atomic E-state index is 0.199. The molecule has 0 fully saturated rings. The van der Waals surface area contributed by atoms with Crippen LogP contribution in [0.4, 0.5) is 0 Å². The summed E-state index contributed by atoms with van der Waals surface area (Å²) in [6.45, 7) is 11.5. The van der Waals surface area contributed by atoms with E-state index >= 15 is 0 Å². The summed E-state index contributed by atoms with van der Waals surface area (Å²) in [4.78, 5) is 0. The van der Waals surface area contributed by atoms with E-state index in [4.69, 9.17) is 0 Å². The number of thioether (sulfide) groups is 1. The van der Waals surface area contributed by atoms with Gasteiger partial charge in [-0.2, -0.15) is 11.8 Å². The third kappa shape index (κ3) is 8.85. The molecule has 0 rings (SSSR count). The van der Waals surface area contributed by atoms with Gasteiger partial charge in [-0.05, 0) is 46.4 Å². The van der Waals surface area contributed by atoms with E-state index in [0.29, 0.717) is 5.25 Å². The molecule has 0 aromatic rings. The summed E-state index contributed by atoms with van der Waals surface area (Å²) in [6, 6.07) is 0. The second-order valence-electron chi connectivity index (χ2n) is 4.85. The van der Waals surface area contributed by atoms with Gasteiger partial charge in [-0.15, -0.1) is 0 Å². The molecule has 0 aromatic heterocycles. The van der Waals surface area contributed by atoms with Crippen LogP contribution >= 0.6 is 11.8 Å². The maximum atomic E-state index is 9.27. The van der Waals surface area contributed by atoms with Crippen LogP contribution in [-0.2, 0) is 0 Å². The standard InChI is InChI=1S/C11H25NOS/c1-9(13)10(2)14-8-6-7-12-11(3,4)5/h9-10,12-13H,6-8H2,1-5H3. The van der Waals surface area contributed by atoms with Gasteiger partial charge in [-0.1, -0.05) is 6.92 Å². The number of aliphatic hydroxyl groups excluding tert-OH is 1. The van der Waals surface area contributed by atoms with Gasteiger partial charge in [0.1, 0.15) is 0 Å².